The lowest BCUT2D eigenvalue weighted by Gasteiger charge is -2.36. The molecule has 59 heavy (non-hydrogen) atoms. The molecular weight excluding hydrogens is 765 g/mol. The molecule has 1 atom stereocenters. The molecule has 312 valence electrons. The number of aromatic nitrogens is 4. The first-order valence-electron chi connectivity index (χ1n) is 20.7. The van der Waals surface area contributed by atoms with Gasteiger partial charge in [0.2, 0.25) is 17.7 Å². The van der Waals surface area contributed by atoms with E-state index in [1.54, 1.807) is 24.9 Å². The number of hydrogen-bond donors (Lipinski definition) is 1. The van der Waals surface area contributed by atoms with E-state index >= 15 is 0 Å². The number of amides is 4. The molecule has 9 rings (SSSR count). The van der Waals surface area contributed by atoms with E-state index in [1.165, 1.54) is 15.2 Å². The fourth-order valence-electron chi connectivity index (χ4n) is 9.65. The van der Waals surface area contributed by atoms with Gasteiger partial charge < -0.3 is 19.4 Å². The average molecular weight is 814 g/mol. The molecule has 17 heteroatoms. The summed E-state index contributed by atoms with van der Waals surface area (Å²) in [5, 5.41) is 7.50. The Hall–Kier alpha value is -5.42. The first-order valence-corrected chi connectivity index (χ1v) is 20.7. The number of hydrogen-bond acceptors (Lipinski definition) is 9. The van der Waals surface area contributed by atoms with Gasteiger partial charge in [-0.15, -0.1) is 0 Å². The van der Waals surface area contributed by atoms with Crippen LogP contribution < -0.4 is 15.9 Å². The maximum atomic E-state index is 15.0. The number of rotatable bonds is 7. The van der Waals surface area contributed by atoms with Gasteiger partial charge in [0.25, 0.3) is 12.3 Å². The normalized spacial score (nSPS) is 20.6. The lowest BCUT2D eigenvalue weighted by molar-refractivity contribution is -0.135. The number of nitrogens with one attached hydrogen (secondary N) is 1. The second kappa shape index (κ2) is 15.6. The van der Waals surface area contributed by atoms with Crippen LogP contribution in [0.25, 0.3) is 11.0 Å². The number of piperidine rings is 1. The van der Waals surface area contributed by atoms with E-state index in [-0.39, 0.29) is 47.5 Å². The van der Waals surface area contributed by atoms with E-state index < -0.39 is 24.3 Å². The van der Waals surface area contributed by atoms with Crippen molar-refractivity contribution < 1.29 is 32.7 Å². The maximum absolute atomic E-state index is 15.0. The number of anilines is 2. The van der Waals surface area contributed by atoms with E-state index in [0.717, 1.165) is 41.6 Å². The van der Waals surface area contributed by atoms with Crippen molar-refractivity contribution in [2.45, 2.75) is 83.5 Å². The van der Waals surface area contributed by atoms with Crippen LogP contribution >= 0.6 is 0 Å². The third-order valence-electron chi connectivity index (χ3n) is 12.9. The number of carbonyl (C=O) groups is 4. The summed E-state index contributed by atoms with van der Waals surface area (Å²) in [6.45, 7) is 6.77. The number of piperazine rings is 1. The molecule has 5 aliphatic heterocycles. The SMILES string of the molecule is CC(=O)N1CCc2c(c(N3CCCc4cc(C(=O)N5CCN(Cc6ccc7c(c6)n(C)c(=O)n7C6CCC(=O)NC6=O)CC5)c(C(F)F)cc43)nn2C2CCOCC2)C1. The molecule has 4 amide bonds. The molecule has 0 aliphatic carbocycles. The third kappa shape index (κ3) is 7.11. The highest BCUT2D eigenvalue weighted by molar-refractivity contribution is 6.00. The molecular formula is C42H49F2N9O6. The number of fused-ring (bicyclic) bond motifs is 3. The molecule has 1 N–H and O–H groups in total. The minimum atomic E-state index is -2.87. The first-order chi connectivity index (χ1) is 28.5. The second-order valence-electron chi connectivity index (χ2n) is 16.4. The van der Waals surface area contributed by atoms with E-state index in [0.29, 0.717) is 101 Å². The summed E-state index contributed by atoms with van der Waals surface area (Å²) < 4.78 is 40.7. The number of imide groups is 1. The summed E-state index contributed by atoms with van der Waals surface area (Å²) in [7, 11) is 1.66. The highest BCUT2D eigenvalue weighted by atomic mass is 19.3. The van der Waals surface area contributed by atoms with E-state index in [4.69, 9.17) is 9.84 Å². The average Bonchev–Trinajstić information content (AvgIpc) is 3.74. The van der Waals surface area contributed by atoms with Crippen LogP contribution in [-0.4, -0.2) is 110 Å². The topological polar surface area (TPSA) is 147 Å². The minimum absolute atomic E-state index is 0.0164. The Morgan fingerprint density at radius 1 is 0.915 bits per heavy atom. The van der Waals surface area contributed by atoms with Crippen LogP contribution in [0.2, 0.25) is 0 Å². The minimum Gasteiger partial charge on any atom is -0.381 e. The fraction of sp³-hybridized carbons (Fsp3) is 0.524. The van der Waals surface area contributed by atoms with Crippen molar-refractivity contribution in [1.29, 1.82) is 0 Å². The number of halogens is 2. The molecule has 0 bridgehead atoms. The third-order valence-corrected chi connectivity index (χ3v) is 12.9. The quantitative estimate of drug-likeness (QED) is 0.276. The maximum Gasteiger partial charge on any atom is 0.329 e. The predicted octanol–water partition coefficient (Wildman–Crippen LogP) is 3.75. The smallest absolute Gasteiger partial charge is 0.329 e. The number of carbonyl (C=O) groups excluding carboxylic acids is 4. The van der Waals surface area contributed by atoms with Crippen LogP contribution in [-0.2, 0) is 52.1 Å². The summed E-state index contributed by atoms with van der Waals surface area (Å²) in [5.74, 6) is -0.564. The first kappa shape index (κ1) is 39.1. The largest absolute Gasteiger partial charge is 0.381 e. The monoisotopic (exact) mass is 813 g/mol. The van der Waals surface area contributed by atoms with Crippen LogP contribution in [0.15, 0.2) is 35.1 Å². The summed E-state index contributed by atoms with van der Waals surface area (Å²) in [6, 6.07) is 8.22. The van der Waals surface area contributed by atoms with Gasteiger partial charge in [-0.05, 0) is 67.5 Å². The summed E-state index contributed by atoms with van der Waals surface area (Å²) in [6.07, 6.45) is 1.26. The van der Waals surface area contributed by atoms with E-state index in [2.05, 4.69) is 14.9 Å². The number of aryl methyl sites for hydroxylation is 2. The lowest BCUT2D eigenvalue weighted by atomic mass is 9.94. The molecule has 7 heterocycles. The molecule has 15 nitrogen and oxygen atoms in total. The molecule has 0 radical (unpaired) electrons. The molecule has 2 aromatic carbocycles. The fourth-order valence-corrected chi connectivity index (χ4v) is 9.65. The van der Waals surface area contributed by atoms with Gasteiger partial charge in [0.15, 0.2) is 5.82 Å². The van der Waals surface area contributed by atoms with Crippen LogP contribution in [0.3, 0.4) is 0 Å². The molecule has 5 aliphatic rings. The number of ether oxygens (including phenoxy) is 1. The van der Waals surface area contributed by atoms with Gasteiger partial charge in [-0.25, -0.2) is 13.6 Å². The molecule has 0 spiro atoms. The highest BCUT2D eigenvalue weighted by Gasteiger charge is 2.36. The molecule has 4 aromatic rings. The second-order valence-corrected chi connectivity index (χ2v) is 16.4. The zero-order valence-electron chi connectivity index (χ0n) is 33.4. The van der Waals surface area contributed by atoms with Gasteiger partial charge in [0.1, 0.15) is 6.04 Å². The van der Waals surface area contributed by atoms with Crippen molar-refractivity contribution >= 4 is 46.2 Å². The lowest BCUT2D eigenvalue weighted by Crippen LogP contribution is -2.48. The number of benzene rings is 2. The zero-order chi connectivity index (χ0) is 41.1. The zero-order valence-corrected chi connectivity index (χ0v) is 33.4. The number of alkyl halides is 2. The van der Waals surface area contributed by atoms with E-state index in [9.17, 15) is 32.8 Å². The molecule has 0 saturated carbocycles. The van der Waals surface area contributed by atoms with Crippen molar-refractivity contribution in [1.82, 2.24) is 38.9 Å². The van der Waals surface area contributed by atoms with Crippen molar-refractivity contribution in [3.8, 4) is 0 Å². The molecule has 2 aromatic heterocycles. The van der Waals surface area contributed by atoms with Gasteiger partial charge in [-0.1, -0.05) is 6.07 Å². The Morgan fingerprint density at radius 3 is 2.42 bits per heavy atom. The molecule has 1 unspecified atom stereocenters. The summed E-state index contributed by atoms with van der Waals surface area (Å²) >= 11 is 0. The molecule has 3 fully saturated rings. The predicted molar refractivity (Wildman–Crippen MR) is 213 cm³/mol. The highest BCUT2D eigenvalue weighted by Crippen LogP contribution is 2.42. The van der Waals surface area contributed by atoms with Crippen LogP contribution in [0, 0.1) is 0 Å². The summed E-state index contributed by atoms with van der Waals surface area (Å²) in [5.41, 5.74) is 5.12. The van der Waals surface area contributed by atoms with Crippen molar-refractivity contribution in [2.75, 3.05) is 57.4 Å². The Kier molecular flexibility index (Phi) is 10.4. The van der Waals surface area contributed by atoms with E-state index in [1.807, 2.05) is 28.0 Å². The van der Waals surface area contributed by atoms with Crippen LogP contribution in [0.5, 0.6) is 0 Å². The van der Waals surface area contributed by atoms with Crippen LogP contribution in [0.1, 0.15) is 95.8 Å². The van der Waals surface area contributed by atoms with Crippen LogP contribution in [0.4, 0.5) is 20.3 Å². The van der Waals surface area contributed by atoms with Gasteiger partial charge in [-0.3, -0.25) is 43.2 Å². The van der Waals surface area contributed by atoms with Gasteiger partial charge in [0, 0.05) is 114 Å². The molecule has 3 saturated heterocycles. The van der Waals surface area contributed by atoms with Gasteiger partial charge >= 0.3 is 5.69 Å². The standard InChI is InChI=1S/C42H49F2N9O6/c1-25(54)50-13-9-32-31(24-50)39(46-53(32)28-10-18-59-19-11-28)51-12-3-4-27-21-30(29(38(43)44)22-35(27)51)41(57)49-16-14-48(15-17-49)23-26-5-6-33-36(20-26)47(2)42(58)52(33)34-7-8-37(55)45-40(34)56/h5-6,20-22,28,34,38H,3-4,7-19,23-24H2,1-2H3,(H,45,55,56). The summed E-state index contributed by atoms with van der Waals surface area (Å²) in [4.78, 5) is 71.8. The Bertz CT molecular complexity index is 2410. The van der Waals surface area contributed by atoms with Gasteiger partial charge in [-0.2, -0.15) is 5.10 Å². The number of nitrogens with zero attached hydrogens (tertiary/aromatic N) is 8. The van der Waals surface area contributed by atoms with Crippen molar-refractivity contribution in [2.24, 2.45) is 7.05 Å². The Morgan fingerprint density at radius 2 is 1.69 bits per heavy atom. The van der Waals surface area contributed by atoms with Gasteiger partial charge in [0.05, 0.1) is 23.6 Å². The Labute approximate surface area is 339 Å². The Balaban J connectivity index is 0.929. The van der Waals surface area contributed by atoms with Crippen molar-refractivity contribution in [3.05, 3.63) is 74.3 Å². The van der Waals surface area contributed by atoms with Crippen molar-refractivity contribution in [3.63, 3.8) is 0 Å². The number of imidazole rings is 1.